The summed E-state index contributed by atoms with van der Waals surface area (Å²) in [6.45, 7) is 2.10. The smallest absolute Gasteiger partial charge is 0.258 e. The molecule has 20 heavy (non-hydrogen) atoms. The molecule has 0 radical (unpaired) electrons. The summed E-state index contributed by atoms with van der Waals surface area (Å²) in [5.41, 5.74) is 2.77. The third-order valence-electron chi connectivity index (χ3n) is 3.37. The lowest BCUT2D eigenvalue weighted by Crippen LogP contribution is -2.26. The van der Waals surface area contributed by atoms with E-state index in [9.17, 15) is 4.79 Å². The zero-order valence-corrected chi connectivity index (χ0v) is 12.1. The van der Waals surface area contributed by atoms with Gasteiger partial charge >= 0.3 is 0 Å². The molecule has 0 atom stereocenters. The second-order valence-corrected chi connectivity index (χ2v) is 4.61. The molecular weight excluding hydrogens is 250 g/mol. The molecule has 2 aromatic rings. The Bertz CT molecular complexity index is 573. The van der Waals surface area contributed by atoms with Crippen LogP contribution < -0.4 is 9.64 Å². The van der Waals surface area contributed by atoms with Crippen LogP contribution in [-0.2, 0) is 6.42 Å². The summed E-state index contributed by atoms with van der Waals surface area (Å²) in [6, 6.07) is 15.2. The van der Waals surface area contributed by atoms with E-state index < -0.39 is 0 Å². The molecule has 2 aromatic carbocycles. The van der Waals surface area contributed by atoms with Gasteiger partial charge in [0.25, 0.3) is 5.91 Å². The van der Waals surface area contributed by atoms with Crippen molar-refractivity contribution < 1.29 is 9.53 Å². The minimum Gasteiger partial charge on any atom is -0.497 e. The number of rotatable bonds is 4. The molecule has 1 amide bonds. The number of hydrogen-bond donors (Lipinski definition) is 0. The monoisotopic (exact) mass is 269 g/mol. The highest BCUT2D eigenvalue weighted by atomic mass is 16.5. The Morgan fingerprint density at radius 2 is 1.65 bits per heavy atom. The molecule has 0 saturated heterocycles. The van der Waals surface area contributed by atoms with Gasteiger partial charge in [0.2, 0.25) is 0 Å². The van der Waals surface area contributed by atoms with E-state index >= 15 is 0 Å². The van der Waals surface area contributed by atoms with Crippen LogP contribution >= 0.6 is 0 Å². The molecule has 0 aromatic heterocycles. The first-order chi connectivity index (χ1) is 9.65. The predicted molar refractivity (Wildman–Crippen MR) is 81.5 cm³/mol. The lowest BCUT2D eigenvalue weighted by molar-refractivity contribution is 0.0993. The largest absolute Gasteiger partial charge is 0.497 e. The van der Waals surface area contributed by atoms with Gasteiger partial charge in [0.05, 0.1) is 7.11 Å². The van der Waals surface area contributed by atoms with Crippen LogP contribution in [-0.4, -0.2) is 20.1 Å². The van der Waals surface area contributed by atoms with E-state index in [4.69, 9.17) is 4.74 Å². The first kappa shape index (κ1) is 14.1. The number of hydrogen-bond acceptors (Lipinski definition) is 2. The third kappa shape index (κ3) is 2.99. The Kier molecular flexibility index (Phi) is 4.41. The van der Waals surface area contributed by atoms with E-state index in [-0.39, 0.29) is 5.91 Å². The van der Waals surface area contributed by atoms with Crippen LogP contribution in [0.3, 0.4) is 0 Å². The zero-order valence-electron chi connectivity index (χ0n) is 12.1. The number of carbonyl (C=O) groups excluding carboxylic acids is 1. The van der Waals surface area contributed by atoms with Crippen molar-refractivity contribution in [3.63, 3.8) is 0 Å². The summed E-state index contributed by atoms with van der Waals surface area (Å²) in [5, 5.41) is 0. The van der Waals surface area contributed by atoms with Crippen LogP contribution in [0.2, 0.25) is 0 Å². The average Bonchev–Trinajstić information content (AvgIpc) is 2.53. The summed E-state index contributed by atoms with van der Waals surface area (Å²) in [4.78, 5) is 14.0. The third-order valence-corrected chi connectivity index (χ3v) is 3.37. The second-order valence-electron chi connectivity index (χ2n) is 4.61. The molecule has 0 heterocycles. The Labute approximate surface area is 119 Å². The number of nitrogens with zero attached hydrogens (tertiary/aromatic N) is 1. The topological polar surface area (TPSA) is 29.5 Å². The van der Waals surface area contributed by atoms with Crippen molar-refractivity contribution in [2.45, 2.75) is 13.3 Å². The molecule has 104 valence electrons. The van der Waals surface area contributed by atoms with Gasteiger partial charge < -0.3 is 9.64 Å². The molecule has 0 fully saturated rings. The van der Waals surface area contributed by atoms with Gasteiger partial charge in [-0.05, 0) is 48.4 Å². The highest BCUT2D eigenvalue weighted by Gasteiger charge is 2.13. The molecule has 0 aliphatic rings. The van der Waals surface area contributed by atoms with Gasteiger partial charge in [0, 0.05) is 18.3 Å². The number of aryl methyl sites for hydroxylation is 1. The van der Waals surface area contributed by atoms with Crippen LogP contribution in [0.1, 0.15) is 22.8 Å². The van der Waals surface area contributed by atoms with Gasteiger partial charge in [-0.1, -0.05) is 19.1 Å². The molecule has 3 heteroatoms. The minimum absolute atomic E-state index is 0.0159. The van der Waals surface area contributed by atoms with Gasteiger partial charge in [0.1, 0.15) is 5.75 Å². The maximum atomic E-state index is 12.4. The summed E-state index contributed by atoms with van der Waals surface area (Å²) < 4.78 is 5.12. The molecule has 0 aliphatic heterocycles. The van der Waals surface area contributed by atoms with E-state index in [1.165, 1.54) is 5.56 Å². The highest BCUT2D eigenvalue weighted by Crippen LogP contribution is 2.20. The van der Waals surface area contributed by atoms with Crippen molar-refractivity contribution in [2.75, 3.05) is 19.1 Å². The number of ether oxygens (including phenoxy) is 1. The summed E-state index contributed by atoms with van der Waals surface area (Å²) in [6.07, 6.45) is 0.975. The zero-order chi connectivity index (χ0) is 14.5. The first-order valence-corrected chi connectivity index (χ1v) is 6.66. The van der Waals surface area contributed by atoms with Gasteiger partial charge in [-0.3, -0.25) is 4.79 Å². The average molecular weight is 269 g/mol. The number of methoxy groups -OCH3 is 1. The molecular formula is C17H19NO2. The maximum absolute atomic E-state index is 12.4. The Morgan fingerprint density at radius 1 is 1.05 bits per heavy atom. The minimum atomic E-state index is -0.0159. The van der Waals surface area contributed by atoms with Crippen LogP contribution in [0.4, 0.5) is 5.69 Å². The summed E-state index contributed by atoms with van der Waals surface area (Å²) in [5.74, 6) is 0.764. The standard InChI is InChI=1S/C17H19NO2/c1-4-13-5-7-14(8-6-13)17(19)18(2)15-9-11-16(20-3)12-10-15/h5-12H,4H2,1-3H3. The van der Waals surface area contributed by atoms with Gasteiger partial charge in [-0.15, -0.1) is 0 Å². The van der Waals surface area contributed by atoms with E-state index in [1.54, 1.807) is 19.1 Å². The van der Waals surface area contributed by atoms with Gasteiger partial charge in [-0.25, -0.2) is 0 Å². The summed E-state index contributed by atoms with van der Waals surface area (Å²) >= 11 is 0. The van der Waals surface area contributed by atoms with E-state index in [2.05, 4.69) is 6.92 Å². The van der Waals surface area contributed by atoms with Crippen molar-refractivity contribution in [1.82, 2.24) is 0 Å². The Hall–Kier alpha value is -2.29. The van der Waals surface area contributed by atoms with Crippen LogP contribution in [0, 0.1) is 0 Å². The maximum Gasteiger partial charge on any atom is 0.258 e. The lowest BCUT2D eigenvalue weighted by atomic mass is 10.1. The van der Waals surface area contributed by atoms with Gasteiger partial charge in [0.15, 0.2) is 0 Å². The quantitative estimate of drug-likeness (QED) is 0.849. The molecule has 0 unspecified atom stereocenters. The lowest BCUT2D eigenvalue weighted by Gasteiger charge is -2.18. The highest BCUT2D eigenvalue weighted by molar-refractivity contribution is 6.05. The molecule has 2 rings (SSSR count). The van der Waals surface area contributed by atoms with E-state index in [0.717, 1.165) is 17.9 Å². The fourth-order valence-corrected chi connectivity index (χ4v) is 2.00. The normalized spacial score (nSPS) is 10.2. The molecule has 0 spiro atoms. The van der Waals surface area contributed by atoms with Crippen molar-refractivity contribution in [2.24, 2.45) is 0 Å². The van der Waals surface area contributed by atoms with Crippen molar-refractivity contribution in [3.8, 4) is 5.75 Å². The first-order valence-electron chi connectivity index (χ1n) is 6.66. The molecule has 0 aliphatic carbocycles. The van der Waals surface area contributed by atoms with Crippen LogP contribution in [0.25, 0.3) is 0 Å². The SMILES string of the molecule is CCc1ccc(C(=O)N(C)c2ccc(OC)cc2)cc1. The van der Waals surface area contributed by atoms with E-state index in [1.807, 2.05) is 48.5 Å². The van der Waals surface area contributed by atoms with E-state index in [0.29, 0.717) is 5.56 Å². The fraction of sp³-hybridized carbons (Fsp3) is 0.235. The van der Waals surface area contributed by atoms with Crippen LogP contribution in [0.15, 0.2) is 48.5 Å². The van der Waals surface area contributed by atoms with Gasteiger partial charge in [-0.2, -0.15) is 0 Å². The Balaban J connectivity index is 2.17. The van der Waals surface area contributed by atoms with Crippen molar-refractivity contribution in [3.05, 3.63) is 59.7 Å². The molecule has 3 nitrogen and oxygen atoms in total. The second kappa shape index (κ2) is 6.24. The van der Waals surface area contributed by atoms with Crippen molar-refractivity contribution >= 4 is 11.6 Å². The van der Waals surface area contributed by atoms with Crippen molar-refractivity contribution in [1.29, 1.82) is 0 Å². The predicted octanol–water partition coefficient (Wildman–Crippen LogP) is 3.53. The number of amides is 1. The number of carbonyl (C=O) groups is 1. The number of benzene rings is 2. The molecule has 0 saturated carbocycles. The fourth-order valence-electron chi connectivity index (χ4n) is 2.00. The summed E-state index contributed by atoms with van der Waals surface area (Å²) in [7, 11) is 3.40. The number of anilines is 1. The molecule has 0 N–H and O–H groups in total. The Morgan fingerprint density at radius 3 is 2.15 bits per heavy atom. The molecule has 0 bridgehead atoms. The van der Waals surface area contributed by atoms with Crippen LogP contribution in [0.5, 0.6) is 5.75 Å².